The van der Waals surface area contributed by atoms with Crippen LogP contribution < -0.4 is 5.32 Å². The Balaban J connectivity index is 1.96. The summed E-state index contributed by atoms with van der Waals surface area (Å²) in [7, 11) is 0. The van der Waals surface area contributed by atoms with E-state index in [1.807, 2.05) is 12.1 Å². The summed E-state index contributed by atoms with van der Waals surface area (Å²) in [6, 6.07) is 12.7. The van der Waals surface area contributed by atoms with Gasteiger partial charge in [-0.25, -0.2) is 0 Å². The first-order valence-electron chi connectivity index (χ1n) is 6.91. The SMILES string of the molecule is CCc1ccc(CNc2ccc(C(C)(C)C)cc2)o1. The standard InChI is InChI=1S/C17H23NO/c1-5-15-10-11-16(19-15)12-18-14-8-6-13(7-9-14)17(2,3)4/h6-11,18H,5,12H2,1-4H3. The summed E-state index contributed by atoms with van der Waals surface area (Å²) in [5, 5.41) is 3.38. The number of anilines is 1. The van der Waals surface area contributed by atoms with Crippen LogP contribution in [0.2, 0.25) is 0 Å². The molecule has 0 aliphatic carbocycles. The van der Waals surface area contributed by atoms with E-state index in [0.29, 0.717) is 0 Å². The van der Waals surface area contributed by atoms with Crippen molar-refractivity contribution in [1.29, 1.82) is 0 Å². The lowest BCUT2D eigenvalue weighted by atomic mass is 9.87. The molecule has 2 rings (SSSR count). The minimum atomic E-state index is 0.204. The molecule has 0 amide bonds. The Morgan fingerprint density at radius 2 is 1.58 bits per heavy atom. The van der Waals surface area contributed by atoms with E-state index >= 15 is 0 Å². The molecule has 0 bridgehead atoms. The summed E-state index contributed by atoms with van der Waals surface area (Å²) in [6.07, 6.45) is 0.945. The molecule has 0 atom stereocenters. The van der Waals surface area contributed by atoms with E-state index in [4.69, 9.17) is 4.42 Å². The summed E-state index contributed by atoms with van der Waals surface area (Å²) in [5.41, 5.74) is 2.68. The van der Waals surface area contributed by atoms with Crippen LogP contribution in [0.1, 0.15) is 44.8 Å². The number of aryl methyl sites for hydroxylation is 1. The molecule has 0 unspecified atom stereocenters. The normalized spacial score (nSPS) is 11.6. The number of furan rings is 1. The van der Waals surface area contributed by atoms with Crippen LogP contribution in [0.4, 0.5) is 5.69 Å². The van der Waals surface area contributed by atoms with Crippen molar-refractivity contribution >= 4 is 5.69 Å². The van der Waals surface area contributed by atoms with Gasteiger partial charge in [0.2, 0.25) is 0 Å². The third kappa shape index (κ3) is 3.63. The van der Waals surface area contributed by atoms with Gasteiger partial charge in [0.25, 0.3) is 0 Å². The van der Waals surface area contributed by atoms with Crippen molar-refractivity contribution in [3.63, 3.8) is 0 Å². The Labute approximate surface area is 115 Å². The molecule has 0 aliphatic heterocycles. The van der Waals surface area contributed by atoms with Crippen molar-refractivity contribution in [3.05, 3.63) is 53.5 Å². The molecular formula is C17H23NO. The van der Waals surface area contributed by atoms with Crippen molar-refractivity contribution < 1.29 is 4.42 Å². The molecule has 1 heterocycles. The van der Waals surface area contributed by atoms with Gasteiger partial charge in [0.15, 0.2) is 0 Å². The molecule has 2 nitrogen and oxygen atoms in total. The highest BCUT2D eigenvalue weighted by atomic mass is 16.3. The first-order valence-corrected chi connectivity index (χ1v) is 6.91. The van der Waals surface area contributed by atoms with Crippen LogP contribution in [-0.4, -0.2) is 0 Å². The fourth-order valence-electron chi connectivity index (χ4n) is 1.98. The van der Waals surface area contributed by atoms with Gasteiger partial charge < -0.3 is 9.73 Å². The van der Waals surface area contributed by atoms with Gasteiger partial charge in [0.1, 0.15) is 11.5 Å². The van der Waals surface area contributed by atoms with Gasteiger partial charge in [-0.05, 0) is 35.2 Å². The van der Waals surface area contributed by atoms with Crippen LogP contribution in [0.25, 0.3) is 0 Å². The fourth-order valence-corrected chi connectivity index (χ4v) is 1.98. The van der Waals surface area contributed by atoms with Crippen LogP contribution in [-0.2, 0) is 18.4 Å². The van der Waals surface area contributed by atoms with E-state index in [1.54, 1.807) is 0 Å². The Hall–Kier alpha value is -1.70. The summed E-state index contributed by atoms with van der Waals surface area (Å²) in [5.74, 6) is 2.02. The molecule has 19 heavy (non-hydrogen) atoms. The van der Waals surface area contributed by atoms with Gasteiger partial charge >= 0.3 is 0 Å². The first-order chi connectivity index (χ1) is 8.99. The minimum absolute atomic E-state index is 0.204. The Bertz CT molecular complexity index is 517. The highest BCUT2D eigenvalue weighted by Crippen LogP contribution is 2.23. The van der Waals surface area contributed by atoms with Crippen molar-refractivity contribution in [2.45, 2.75) is 46.1 Å². The number of rotatable bonds is 4. The number of hydrogen-bond acceptors (Lipinski definition) is 2. The predicted octanol–water partition coefficient (Wildman–Crippen LogP) is 4.75. The van der Waals surface area contributed by atoms with Crippen molar-refractivity contribution in [2.24, 2.45) is 0 Å². The molecule has 0 saturated heterocycles. The van der Waals surface area contributed by atoms with E-state index in [2.05, 4.69) is 57.3 Å². The summed E-state index contributed by atoms with van der Waals surface area (Å²) >= 11 is 0. The Morgan fingerprint density at radius 3 is 2.11 bits per heavy atom. The summed E-state index contributed by atoms with van der Waals surface area (Å²) in [6.45, 7) is 9.51. The number of hydrogen-bond donors (Lipinski definition) is 1. The summed E-state index contributed by atoms with van der Waals surface area (Å²) in [4.78, 5) is 0. The third-order valence-corrected chi connectivity index (χ3v) is 3.28. The average molecular weight is 257 g/mol. The van der Waals surface area contributed by atoms with Crippen LogP contribution in [0, 0.1) is 0 Å². The molecule has 0 radical (unpaired) electrons. The second kappa shape index (κ2) is 5.52. The van der Waals surface area contributed by atoms with Gasteiger partial charge in [-0.3, -0.25) is 0 Å². The molecule has 1 aromatic heterocycles. The largest absolute Gasteiger partial charge is 0.464 e. The average Bonchev–Trinajstić information content (AvgIpc) is 2.84. The molecule has 0 spiro atoms. The van der Waals surface area contributed by atoms with Crippen LogP contribution >= 0.6 is 0 Å². The zero-order valence-electron chi connectivity index (χ0n) is 12.3. The van der Waals surface area contributed by atoms with Crippen molar-refractivity contribution in [3.8, 4) is 0 Å². The van der Waals surface area contributed by atoms with E-state index in [9.17, 15) is 0 Å². The van der Waals surface area contributed by atoms with Gasteiger partial charge in [0, 0.05) is 12.1 Å². The predicted molar refractivity (Wildman–Crippen MR) is 80.6 cm³/mol. The van der Waals surface area contributed by atoms with Gasteiger partial charge in [-0.2, -0.15) is 0 Å². The Kier molecular flexibility index (Phi) is 3.98. The van der Waals surface area contributed by atoms with Crippen molar-refractivity contribution in [1.82, 2.24) is 0 Å². The van der Waals surface area contributed by atoms with Crippen molar-refractivity contribution in [2.75, 3.05) is 5.32 Å². The zero-order chi connectivity index (χ0) is 13.9. The quantitative estimate of drug-likeness (QED) is 0.855. The summed E-state index contributed by atoms with van der Waals surface area (Å²) < 4.78 is 5.67. The van der Waals surface area contributed by atoms with E-state index in [-0.39, 0.29) is 5.41 Å². The van der Waals surface area contributed by atoms with E-state index < -0.39 is 0 Å². The molecule has 1 N–H and O–H groups in total. The molecular weight excluding hydrogens is 234 g/mol. The lowest BCUT2D eigenvalue weighted by molar-refractivity contribution is 0.476. The molecule has 2 heteroatoms. The molecule has 0 saturated carbocycles. The minimum Gasteiger partial charge on any atom is -0.464 e. The van der Waals surface area contributed by atoms with Gasteiger partial charge in [-0.15, -0.1) is 0 Å². The van der Waals surface area contributed by atoms with Gasteiger partial charge in [-0.1, -0.05) is 39.8 Å². The maximum Gasteiger partial charge on any atom is 0.123 e. The van der Waals surface area contributed by atoms with E-state index in [1.165, 1.54) is 5.56 Å². The number of benzene rings is 1. The topological polar surface area (TPSA) is 25.2 Å². The molecule has 0 fully saturated rings. The third-order valence-electron chi connectivity index (χ3n) is 3.28. The lowest BCUT2D eigenvalue weighted by Crippen LogP contribution is -2.10. The van der Waals surface area contributed by atoms with Gasteiger partial charge in [0.05, 0.1) is 6.54 Å². The molecule has 102 valence electrons. The molecule has 1 aromatic carbocycles. The number of nitrogens with one attached hydrogen (secondary N) is 1. The lowest BCUT2D eigenvalue weighted by Gasteiger charge is -2.19. The highest BCUT2D eigenvalue weighted by molar-refractivity contribution is 5.45. The highest BCUT2D eigenvalue weighted by Gasteiger charge is 2.12. The fraction of sp³-hybridized carbons (Fsp3) is 0.412. The Morgan fingerprint density at radius 1 is 0.947 bits per heavy atom. The van der Waals surface area contributed by atoms with E-state index in [0.717, 1.165) is 30.2 Å². The molecule has 2 aromatic rings. The maximum atomic E-state index is 5.67. The van der Waals surface area contributed by atoms with Crippen LogP contribution in [0.15, 0.2) is 40.8 Å². The van der Waals surface area contributed by atoms with Crippen LogP contribution in [0.3, 0.4) is 0 Å². The first kappa shape index (κ1) is 13.7. The smallest absolute Gasteiger partial charge is 0.123 e. The monoisotopic (exact) mass is 257 g/mol. The maximum absolute atomic E-state index is 5.67. The van der Waals surface area contributed by atoms with Crippen LogP contribution in [0.5, 0.6) is 0 Å². The zero-order valence-corrected chi connectivity index (χ0v) is 12.3. The second-order valence-corrected chi connectivity index (χ2v) is 5.90. The molecule has 0 aliphatic rings. The second-order valence-electron chi connectivity index (χ2n) is 5.90.